The van der Waals surface area contributed by atoms with E-state index in [2.05, 4.69) is 26.8 Å². The first-order valence-electron chi connectivity index (χ1n) is 6.73. The fourth-order valence-electron chi connectivity index (χ4n) is 3.20. The summed E-state index contributed by atoms with van der Waals surface area (Å²) < 4.78 is 0. The van der Waals surface area contributed by atoms with Crippen molar-refractivity contribution in [3.05, 3.63) is 18.1 Å². The molecule has 0 spiro atoms. The number of nitrogens with two attached hydrogens (primary N) is 1. The van der Waals surface area contributed by atoms with Gasteiger partial charge in [-0.25, -0.2) is 4.98 Å². The Kier molecular flexibility index (Phi) is 3.18. The summed E-state index contributed by atoms with van der Waals surface area (Å²) in [5.41, 5.74) is 6.58. The van der Waals surface area contributed by atoms with E-state index in [0.717, 1.165) is 37.4 Å². The number of hydrogen-bond donors (Lipinski definition) is 1. The molecular weight excluding hydrogens is 226 g/mol. The molecular formula is C13H21N5. The molecule has 2 N–H and O–H groups in total. The highest BCUT2D eigenvalue weighted by Crippen LogP contribution is 2.28. The van der Waals surface area contributed by atoms with Crippen LogP contribution in [0.2, 0.25) is 0 Å². The van der Waals surface area contributed by atoms with Crippen LogP contribution < -0.4 is 5.73 Å². The fourth-order valence-corrected chi connectivity index (χ4v) is 3.20. The second kappa shape index (κ2) is 4.82. The van der Waals surface area contributed by atoms with Crippen molar-refractivity contribution in [2.45, 2.75) is 37.9 Å². The van der Waals surface area contributed by atoms with Crippen LogP contribution >= 0.6 is 0 Å². The van der Waals surface area contributed by atoms with Gasteiger partial charge in [-0.2, -0.15) is 0 Å². The van der Waals surface area contributed by atoms with E-state index in [1.807, 2.05) is 0 Å². The van der Waals surface area contributed by atoms with E-state index in [4.69, 9.17) is 5.73 Å². The molecule has 2 saturated heterocycles. The molecule has 2 aliphatic rings. The minimum atomic E-state index is 0.494. The molecule has 98 valence electrons. The first-order valence-corrected chi connectivity index (χ1v) is 6.73. The summed E-state index contributed by atoms with van der Waals surface area (Å²) >= 11 is 0. The van der Waals surface area contributed by atoms with Gasteiger partial charge in [-0.1, -0.05) is 0 Å². The molecule has 2 bridgehead atoms. The van der Waals surface area contributed by atoms with Crippen molar-refractivity contribution < 1.29 is 0 Å². The van der Waals surface area contributed by atoms with Crippen molar-refractivity contribution >= 4 is 5.82 Å². The highest BCUT2D eigenvalue weighted by molar-refractivity contribution is 5.22. The second-order valence-electron chi connectivity index (χ2n) is 5.51. The summed E-state index contributed by atoms with van der Waals surface area (Å²) in [6.45, 7) is 3.21. The number of rotatable bonds is 2. The lowest BCUT2D eigenvalue weighted by molar-refractivity contribution is 0.213. The summed E-state index contributed by atoms with van der Waals surface area (Å²) in [6.07, 6.45) is 7.42. The Hall–Kier alpha value is -1.20. The van der Waals surface area contributed by atoms with Gasteiger partial charge in [-0.15, -0.1) is 0 Å². The predicted molar refractivity (Wildman–Crippen MR) is 70.9 cm³/mol. The summed E-state index contributed by atoms with van der Waals surface area (Å²) in [6, 6.07) is 1.51. The Bertz CT molecular complexity index is 404. The van der Waals surface area contributed by atoms with Crippen LogP contribution in [0.1, 0.15) is 25.0 Å². The van der Waals surface area contributed by atoms with Gasteiger partial charge in [-0.05, 0) is 26.3 Å². The zero-order valence-corrected chi connectivity index (χ0v) is 10.9. The molecule has 1 aromatic rings. The summed E-state index contributed by atoms with van der Waals surface area (Å²) in [7, 11) is 2.27. The fraction of sp³-hybridized carbons (Fsp3) is 0.692. The first-order chi connectivity index (χ1) is 8.72. The Balaban J connectivity index is 1.65. The van der Waals surface area contributed by atoms with Gasteiger partial charge in [0.15, 0.2) is 0 Å². The molecule has 2 atom stereocenters. The zero-order chi connectivity index (χ0) is 12.5. The number of anilines is 1. The zero-order valence-electron chi connectivity index (χ0n) is 10.9. The summed E-state index contributed by atoms with van der Waals surface area (Å²) in [4.78, 5) is 13.5. The van der Waals surface area contributed by atoms with E-state index in [1.165, 1.54) is 19.3 Å². The molecule has 2 aliphatic heterocycles. The molecule has 3 heterocycles. The number of hydrogen-bond acceptors (Lipinski definition) is 5. The Morgan fingerprint density at radius 2 is 2.06 bits per heavy atom. The van der Waals surface area contributed by atoms with Crippen molar-refractivity contribution in [1.82, 2.24) is 19.8 Å². The minimum absolute atomic E-state index is 0.494. The number of nitrogen functional groups attached to an aromatic ring is 1. The number of fused-ring (bicyclic) bond motifs is 2. The summed E-state index contributed by atoms with van der Waals surface area (Å²) in [5, 5.41) is 0. The standard InChI is InChI=1S/C13H21N5/c1-17-11-2-3-12(17)9-18(5-4-11)8-10-6-16-13(14)7-15-10/h6-7,11-12H,2-5,8-9H2,1H3,(H2,14,16). The molecule has 0 saturated carbocycles. The van der Waals surface area contributed by atoms with E-state index in [1.54, 1.807) is 12.4 Å². The minimum Gasteiger partial charge on any atom is -0.382 e. The van der Waals surface area contributed by atoms with Crippen LogP contribution in [0, 0.1) is 0 Å². The number of nitrogens with zero attached hydrogens (tertiary/aromatic N) is 4. The van der Waals surface area contributed by atoms with Crippen molar-refractivity contribution in [1.29, 1.82) is 0 Å². The monoisotopic (exact) mass is 247 g/mol. The Morgan fingerprint density at radius 1 is 1.22 bits per heavy atom. The van der Waals surface area contributed by atoms with Gasteiger partial charge in [-0.3, -0.25) is 14.8 Å². The van der Waals surface area contributed by atoms with Crippen molar-refractivity contribution in [2.75, 3.05) is 25.9 Å². The van der Waals surface area contributed by atoms with Gasteiger partial charge in [0.1, 0.15) is 5.82 Å². The second-order valence-corrected chi connectivity index (χ2v) is 5.51. The highest BCUT2D eigenvalue weighted by Gasteiger charge is 2.34. The molecule has 0 aliphatic carbocycles. The Morgan fingerprint density at radius 3 is 2.83 bits per heavy atom. The van der Waals surface area contributed by atoms with Crippen LogP contribution in [0.3, 0.4) is 0 Å². The van der Waals surface area contributed by atoms with Crippen LogP contribution in [-0.4, -0.2) is 52.0 Å². The van der Waals surface area contributed by atoms with Gasteiger partial charge < -0.3 is 5.73 Å². The number of likely N-dealkylation sites (tertiary alicyclic amines) is 1. The van der Waals surface area contributed by atoms with E-state index >= 15 is 0 Å². The SMILES string of the molecule is CN1C2CCC1CN(Cc1cnc(N)cn1)CC2. The van der Waals surface area contributed by atoms with E-state index in [9.17, 15) is 0 Å². The molecule has 2 fully saturated rings. The number of aromatic nitrogens is 2. The molecule has 0 amide bonds. The molecule has 5 nitrogen and oxygen atoms in total. The lowest BCUT2D eigenvalue weighted by atomic mass is 10.1. The third-order valence-corrected chi connectivity index (χ3v) is 4.34. The maximum Gasteiger partial charge on any atom is 0.141 e. The van der Waals surface area contributed by atoms with Gasteiger partial charge >= 0.3 is 0 Å². The predicted octanol–water partition coefficient (Wildman–Crippen LogP) is 0.727. The van der Waals surface area contributed by atoms with Crippen LogP contribution in [0.5, 0.6) is 0 Å². The van der Waals surface area contributed by atoms with Crippen LogP contribution in [0.25, 0.3) is 0 Å². The quantitative estimate of drug-likeness (QED) is 0.835. The lowest BCUT2D eigenvalue weighted by Crippen LogP contribution is -2.36. The third kappa shape index (κ3) is 2.33. The molecule has 3 rings (SSSR count). The maximum absolute atomic E-state index is 5.56. The topological polar surface area (TPSA) is 58.3 Å². The average molecular weight is 247 g/mol. The first kappa shape index (κ1) is 11.9. The maximum atomic E-state index is 5.56. The van der Waals surface area contributed by atoms with Crippen LogP contribution in [0.15, 0.2) is 12.4 Å². The van der Waals surface area contributed by atoms with Gasteiger partial charge in [0.2, 0.25) is 0 Å². The smallest absolute Gasteiger partial charge is 0.141 e. The molecule has 2 unspecified atom stereocenters. The molecule has 0 aromatic carbocycles. The van der Waals surface area contributed by atoms with Gasteiger partial charge in [0.05, 0.1) is 18.1 Å². The van der Waals surface area contributed by atoms with Crippen molar-refractivity contribution in [3.8, 4) is 0 Å². The van der Waals surface area contributed by atoms with E-state index in [-0.39, 0.29) is 0 Å². The number of likely N-dealkylation sites (N-methyl/N-ethyl adjacent to an activating group) is 1. The van der Waals surface area contributed by atoms with E-state index in [0.29, 0.717) is 5.82 Å². The van der Waals surface area contributed by atoms with Gasteiger partial charge in [0, 0.05) is 31.7 Å². The van der Waals surface area contributed by atoms with Gasteiger partial charge in [0.25, 0.3) is 0 Å². The summed E-state index contributed by atoms with van der Waals surface area (Å²) in [5.74, 6) is 0.494. The van der Waals surface area contributed by atoms with Crippen LogP contribution in [-0.2, 0) is 6.54 Å². The van der Waals surface area contributed by atoms with Crippen molar-refractivity contribution in [3.63, 3.8) is 0 Å². The Labute approximate surface area is 108 Å². The van der Waals surface area contributed by atoms with E-state index < -0.39 is 0 Å². The normalized spacial score (nSPS) is 29.4. The molecule has 18 heavy (non-hydrogen) atoms. The van der Waals surface area contributed by atoms with Crippen molar-refractivity contribution in [2.24, 2.45) is 0 Å². The molecule has 0 radical (unpaired) electrons. The van der Waals surface area contributed by atoms with Crippen LogP contribution in [0.4, 0.5) is 5.82 Å². The molecule has 5 heteroatoms. The average Bonchev–Trinajstić information content (AvgIpc) is 2.60. The third-order valence-electron chi connectivity index (χ3n) is 4.34. The molecule has 1 aromatic heterocycles. The lowest BCUT2D eigenvalue weighted by Gasteiger charge is -2.25. The largest absolute Gasteiger partial charge is 0.382 e. The highest BCUT2D eigenvalue weighted by atomic mass is 15.3.